The number of hydrogen-bond donors (Lipinski definition) is 0. The molecule has 1 unspecified atom stereocenters. The molecule has 2 aliphatic heterocycles. The SMILES string of the molecule is c1ccc(C2=NN3CC(c4ccccc4)N=C3S2)cc1. The van der Waals surface area contributed by atoms with Crippen LogP contribution in [0.4, 0.5) is 0 Å². The van der Waals surface area contributed by atoms with Crippen LogP contribution in [0.3, 0.4) is 0 Å². The maximum absolute atomic E-state index is 4.79. The van der Waals surface area contributed by atoms with E-state index in [4.69, 9.17) is 4.99 Å². The third-order valence-corrected chi connectivity index (χ3v) is 4.45. The fraction of sp³-hybridized carbons (Fsp3) is 0.125. The summed E-state index contributed by atoms with van der Waals surface area (Å²) in [6.07, 6.45) is 0. The number of aliphatic imine (C=N–C) groups is 1. The van der Waals surface area contributed by atoms with Gasteiger partial charge < -0.3 is 0 Å². The zero-order valence-electron chi connectivity index (χ0n) is 10.8. The number of fused-ring (bicyclic) bond motifs is 1. The largest absolute Gasteiger partial charge is 0.251 e. The van der Waals surface area contributed by atoms with E-state index in [0.717, 1.165) is 22.3 Å². The maximum atomic E-state index is 4.79. The van der Waals surface area contributed by atoms with Gasteiger partial charge in [-0.05, 0) is 17.3 Å². The fourth-order valence-corrected chi connectivity index (χ4v) is 3.38. The van der Waals surface area contributed by atoms with E-state index < -0.39 is 0 Å². The predicted molar refractivity (Wildman–Crippen MR) is 83.9 cm³/mol. The van der Waals surface area contributed by atoms with Crippen molar-refractivity contribution in [3.05, 3.63) is 71.8 Å². The quantitative estimate of drug-likeness (QED) is 0.841. The highest BCUT2D eigenvalue weighted by Gasteiger charge is 2.32. The number of hydrogen-bond acceptors (Lipinski definition) is 4. The molecular formula is C16H13N3S. The number of hydrazone groups is 1. The van der Waals surface area contributed by atoms with Crippen LogP contribution in [0.1, 0.15) is 17.2 Å². The van der Waals surface area contributed by atoms with Gasteiger partial charge in [0.15, 0.2) is 5.17 Å². The topological polar surface area (TPSA) is 28.0 Å². The Morgan fingerprint density at radius 3 is 2.35 bits per heavy atom. The van der Waals surface area contributed by atoms with Crippen molar-refractivity contribution < 1.29 is 0 Å². The molecule has 2 aliphatic rings. The van der Waals surface area contributed by atoms with Crippen molar-refractivity contribution in [1.29, 1.82) is 0 Å². The van der Waals surface area contributed by atoms with Crippen LogP contribution in [0.5, 0.6) is 0 Å². The lowest BCUT2D eigenvalue weighted by Crippen LogP contribution is -2.15. The molecule has 4 heteroatoms. The van der Waals surface area contributed by atoms with Crippen LogP contribution in [0, 0.1) is 0 Å². The molecule has 0 spiro atoms. The van der Waals surface area contributed by atoms with Gasteiger partial charge in [0.05, 0.1) is 12.6 Å². The minimum Gasteiger partial charge on any atom is -0.251 e. The van der Waals surface area contributed by atoms with Gasteiger partial charge in [-0.2, -0.15) is 5.10 Å². The third kappa shape index (κ3) is 2.02. The average molecular weight is 279 g/mol. The summed E-state index contributed by atoms with van der Waals surface area (Å²) in [5.74, 6) is 0. The van der Waals surface area contributed by atoms with Crippen LogP contribution in [0.15, 0.2) is 70.8 Å². The summed E-state index contributed by atoms with van der Waals surface area (Å²) < 4.78 is 0. The van der Waals surface area contributed by atoms with Gasteiger partial charge in [-0.25, -0.2) is 5.01 Å². The van der Waals surface area contributed by atoms with Crippen LogP contribution in [0.2, 0.25) is 0 Å². The number of amidine groups is 1. The van der Waals surface area contributed by atoms with Crippen molar-refractivity contribution in [3.8, 4) is 0 Å². The summed E-state index contributed by atoms with van der Waals surface area (Å²) >= 11 is 1.66. The summed E-state index contributed by atoms with van der Waals surface area (Å²) in [5, 5.41) is 8.75. The van der Waals surface area contributed by atoms with Crippen LogP contribution < -0.4 is 0 Å². The number of rotatable bonds is 2. The Morgan fingerprint density at radius 1 is 0.950 bits per heavy atom. The average Bonchev–Trinajstić information content (AvgIpc) is 3.08. The summed E-state index contributed by atoms with van der Waals surface area (Å²) in [6, 6.07) is 20.9. The highest BCUT2D eigenvalue weighted by molar-refractivity contribution is 8.27. The van der Waals surface area contributed by atoms with E-state index in [2.05, 4.69) is 41.5 Å². The molecule has 20 heavy (non-hydrogen) atoms. The van der Waals surface area contributed by atoms with Gasteiger partial charge in [0.2, 0.25) is 0 Å². The van der Waals surface area contributed by atoms with Crippen molar-refractivity contribution in [3.63, 3.8) is 0 Å². The van der Waals surface area contributed by atoms with E-state index in [9.17, 15) is 0 Å². The van der Waals surface area contributed by atoms with Gasteiger partial charge in [-0.1, -0.05) is 60.7 Å². The van der Waals surface area contributed by atoms with Crippen molar-refractivity contribution >= 4 is 22.0 Å². The van der Waals surface area contributed by atoms with Crippen molar-refractivity contribution in [2.24, 2.45) is 10.1 Å². The normalized spacial score (nSPS) is 20.6. The molecular weight excluding hydrogens is 266 g/mol. The monoisotopic (exact) mass is 279 g/mol. The molecule has 98 valence electrons. The fourth-order valence-electron chi connectivity index (χ4n) is 2.41. The first-order valence-corrected chi connectivity index (χ1v) is 7.44. The van der Waals surface area contributed by atoms with E-state index >= 15 is 0 Å². The minimum absolute atomic E-state index is 0.208. The second kappa shape index (κ2) is 4.80. The van der Waals surface area contributed by atoms with Crippen molar-refractivity contribution in [1.82, 2.24) is 5.01 Å². The molecule has 0 aromatic heterocycles. The number of nitrogens with zero attached hydrogens (tertiary/aromatic N) is 3. The van der Waals surface area contributed by atoms with E-state index in [1.165, 1.54) is 5.56 Å². The molecule has 2 aromatic carbocycles. The van der Waals surface area contributed by atoms with Crippen LogP contribution >= 0.6 is 11.8 Å². The second-order valence-corrected chi connectivity index (χ2v) is 5.75. The van der Waals surface area contributed by atoms with Crippen LogP contribution in [-0.2, 0) is 0 Å². The zero-order valence-corrected chi connectivity index (χ0v) is 11.6. The number of thioether (sulfide) groups is 1. The van der Waals surface area contributed by atoms with Gasteiger partial charge in [0, 0.05) is 5.56 Å². The Hall–Kier alpha value is -2.07. The van der Waals surface area contributed by atoms with Gasteiger partial charge in [-0.3, -0.25) is 4.99 Å². The first-order valence-electron chi connectivity index (χ1n) is 6.62. The van der Waals surface area contributed by atoms with E-state index in [0.29, 0.717) is 0 Å². The third-order valence-electron chi connectivity index (χ3n) is 3.44. The molecule has 0 saturated heterocycles. The molecule has 3 nitrogen and oxygen atoms in total. The molecule has 0 aliphatic carbocycles. The first kappa shape index (κ1) is 11.7. The van der Waals surface area contributed by atoms with Crippen LogP contribution in [0.25, 0.3) is 0 Å². The zero-order chi connectivity index (χ0) is 13.4. The second-order valence-electron chi connectivity index (χ2n) is 4.79. The van der Waals surface area contributed by atoms with Crippen molar-refractivity contribution in [2.75, 3.05) is 6.54 Å². The van der Waals surface area contributed by atoms with Crippen molar-refractivity contribution in [2.45, 2.75) is 6.04 Å². The molecule has 0 saturated carbocycles. The molecule has 1 atom stereocenters. The lowest BCUT2D eigenvalue weighted by Gasteiger charge is -2.09. The van der Waals surface area contributed by atoms with Gasteiger partial charge in [-0.15, -0.1) is 0 Å². The summed E-state index contributed by atoms with van der Waals surface area (Å²) in [7, 11) is 0. The Bertz CT molecular complexity index is 679. The van der Waals surface area contributed by atoms with Crippen LogP contribution in [-0.4, -0.2) is 21.8 Å². The summed E-state index contributed by atoms with van der Waals surface area (Å²) in [4.78, 5) is 4.79. The molecule has 0 fully saturated rings. The van der Waals surface area contributed by atoms with Gasteiger partial charge in [0.25, 0.3) is 0 Å². The Kier molecular flexibility index (Phi) is 2.81. The Balaban J connectivity index is 1.56. The highest BCUT2D eigenvalue weighted by Crippen LogP contribution is 2.34. The molecule has 0 bridgehead atoms. The highest BCUT2D eigenvalue weighted by atomic mass is 32.2. The smallest absolute Gasteiger partial charge is 0.187 e. The molecule has 2 heterocycles. The van der Waals surface area contributed by atoms with Gasteiger partial charge in [0.1, 0.15) is 5.04 Å². The lowest BCUT2D eigenvalue weighted by molar-refractivity contribution is 0.462. The Morgan fingerprint density at radius 2 is 1.65 bits per heavy atom. The maximum Gasteiger partial charge on any atom is 0.187 e. The van der Waals surface area contributed by atoms with E-state index in [1.54, 1.807) is 11.8 Å². The first-order chi connectivity index (χ1) is 9.90. The molecule has 0 amide bonds. The molecule has 4 rings (SSSR count). The molecule has 0 N–H and O–H groups in total. The van der Waals surface area contributed by atoms with E-state index in [1.807, 2.05) is 29.3 Å². The van der Waals surface area contributed by atoms with E-state index in [-0.39, 0.29) is 6.04 Å². The standard InChI is InChI=1S/C16H13N3S/c1-3-7-12(8-4-1)14-11-19-16(17-14)20-15(18-19)13-9-5-2-6-10-13/h1-10,14H,11H2. The predicted octanol–water partition coefficient (Wildman–Crippen LogP) is 3.51. The number of benzene rings is 2. The molecule has 2 aromatic rings. The summed E-state index contributed by atoms with van der Waals surface area (Å²) in [6.45, 7) is 0.836. The Labute approximate surface area is 122 Å². The lowest BCUT2D eigenvalue weighted by atomic mass is 10.1. The van der Waals surface area contributed by atoms with Gasteiger partial charge >= 0.3 is 0 Å². The molecule has 0 radical (unpaired) electrons. The minimum atomic E-state index is 0.208. The summed E-state index contributed by atoms with van der Waals surface area (Å²) in [5.41, 5.74) is 2.41.